The number of rotatable bonds is 9. The normalized spacial score (nSPS) is 21.4. The van der Waals surface area contributed by atoms with E-state index in [4.69, 9.17) is 19.2 Å². The third-order valence-corrected chi connectivity index (χ3v) is 9.98. The number of fused-ring (bicyclic) bond motifs is 3. The van der Waals surface area contributed by atoms with Crippen LogP contribution in [0.25, 0.3) is 10.9 Å². The highest BCUT2D eigenvalue weighted by Gasteiger charge is 2.46. The van der Waals surface area contributed by atoms with E-state index in [1.165, 1.54) is 11.1 Å². The lowest BCUT2D eigenvalue weighted by Crippen LogP contribution is -2.48. The summed E-state index contributed by atoms with van der Waals surface area (Å²) < 4.78 is 19.5. The Bertz CT molecular complexity index is 1530. The van der Waals surface area contributed by atoms with Gasteiger partial charge in [0.05, 0.1) is 22.3 Å². The van der Waals surface area contributed by atoms with Gasteiger partial charge >= 0.3 is 6.09 Å². The van der Waals surface area contributed by atoms with Crippen molar-refractivity contribution < 1.29 is 24.1 Å². The van der Waals surface area contributed by atoms with Crippen LogP contribution in [0.15, 0.2) is 40.9 Å². The summed E-state index contributed by atoms with van der Waals surface area (Å²) in [5.41, 5.74) is 5.37. The molecule has 2 aromatic carbocycles. The van der Waals surface area contributed by atoms with Gasteiger partial charge < -0.3 is 29.1 Å². The van der Waals surface area contributed by atoms with E-state index in [1.54, 1.807) is 12.0 Å². The second-order valence-corrected chi connectivity index (χ2v) is 14.1. The summed E-state index contributed by atoms with van der Waals surface area (Å²) in [5.74, 6) is 1.70. The average Bonchev–Trinajstić information content (AvgIpc) is 3.62. The van der Waals surface area contributed by atoms with Crippen molar-refractivity contribution in [1.29, 1.82) is 0 Å². The Hall–Kier alpha value is -3.04. The first-order valence-corrected chi connectivity index (χ1v) is 16.1. The molecular weight excluding hydrogens is 610 g/mol. The fraction of sp³-hybridized carbons (Fsp3) is 0.529. The highest BCUT2D eigenvalue weighted by molar-refractivity contribution is 9.10. The molecule has 2 saturated heterocycles. The van der Waals surface area contributed by atoms with Gasteiger partial charge in [-0.1, -0.05) is 45.0 Å². The highest BCUT2D eigenvalue weighted by atomic mass is 79.9. The number of hydrogen-bond donors (Lipinski definition) is 1. The molecule has 3 fully saturated rings. The lowest BCUT2D eigenvalue weighted by atomic mass is 9.82. The molecule has 4 atom stereocenters. The number of pyridine rings is 1. The second kappa shape index (κ2) is 11.5. The van der Waals surface area contributed by atoms with Crippen LogP contribution < -0.4 is 14.4 Å². The predicted molar refractivity (Wildman–Crippen MR) is 172 cm³/mol. The third kappa shape index (κ3) is 5.78. The van der Waals surface area contributed by atoms with Crippen molar-refractivity contribution in [3.05, 3.63) is 57.6 Å². The fourth-order valence-corrected chi connectivity index (χ4v) is 7.36. The van der Waals surface area contributed by atoms with Crippen LogP contribution in [-0.4, -0.2) is 66.1 Å². The van der Waals surface area contributed by atoms with E-state index in [9.17, 15) is 9.90 Å². The minimum atomic E-state index is -0.843. The summed E-state index contributed by atoms with van der Waals surface area (Å²) in [6, 6.07) is 12.9. The first-order valence-electron chi connectivity index (χ1n) is 15.3. The molecule has 2 bridgehead atoms. The molecule has 1 aliphatic carbocycles. The number of aromatic nitrogens is 1. The Kier molecular flexibility index (Phi) is 8.00. The van der Waals surface area contributed by atoms with Crippen molar-refractivity contribution in [3.63, 3.8) is 0 Å². The largest absolute Gasteiger partial charge is 0.483 e. The van der Waals surface area contributed by atoms with Crippen LogP contribution in [0.5, 0.6) is 11.6 Å². The number of piperazine rings is 1. The molecule has 1 aromatic heterocycles. The van der Waals surface area contributed by atoms with Gasteiger partial charge in [0.15, 0.2) is 5.75 Å². The number of amides is 1. The molecule has 230 valence electrons. The number of hydrogen-bond acceptors (Lipinski definition) is 6. The summed E-state index contributed by atoms with van der Waals surface area (Å²) in [6.07, 6.45) is 1.95. The van der Waals surface area contributed by atoms with Crippen LogP contribution in [0.3, 0.4) is 0 Å². The Morgan fingerprint density at radius 3 is 2.51 bits per heavy atom. The standard InChI is InChI=1S/C34H42BrN3O5/c1-19(41-6)18-42-29-15-28(37-16-23-13-22(37)17-38(23)33(39)40)26-14-25(21-11-12-21)30(35)32(31(26)36-29)43-20(2)24-9-7-8-10-27(24)34(3,4)5/h7-10,14-15,19-23H,11-13,16-18H2,1-6H3,(H,39,40)/t19-,20-,22-,23-/m0/s1. The maximum Gasteiger partial charge on any atom is 0.407 e. The molecule has 1 saturated carbocycles. The molecule has 3 aromatic rings. The van der Waals surface area contributed by atoms with E-state index in [1.807, 2.05) is 13.0 Å². The number of anilines is 1. The molecule has 9 heteroatoms. The van der Waals surface area contributed by atoms with E-state index < -0.39 is 6.09 Å². The van der Waals surface area contributed by atoms with Crippen LogP contribution in [-0.2, 0) is 10.2 Å². The average molecular weight is 653 g/mol. The van der Waals surface area contributed by atoms with Crippen molar-refractivity contribution in [2.75, 3.05) is 31.7 Å². The van der Waals surface area contributed by atoms with E-state index in [0.717, 1.165) is 51.6 Å². The smallest absolute Gasteiger partial charge is 0.407 e. The van der Waals surface area contributed by atoms with E-state index in [0.29, 0.717) is 31.5 Å². The first-order chi connectivity index (χ1) is 20.5. The number of nitrogens with zero attached hydrogens (tertiary/aromatic N) is 3. The monoisotopic (exact) mass is 651 g/mol. The number of carboxylic acid groups (broad SMARTS) is 1. The molecule has 3 heterocycles. The molecule has 0 spiro atoms. The minimum Gasteiger partial charge on any atom is -0.483 e. The molecule has 6 rings (SSSR count). The number of benzene rings is 2. The summed E-state index contributed by atoms with van der Waals surface area (Å²) in [7, 11) is 1.67. The SMILES string of the molecule is CO[C@@H](C)COc1cc(N2C[C@@H]3C[C@H]2CN3C(=O)O)c2cc(C3CC3)c(Br)c(O[C@@H](C)c3ccccc3C(C)(C)C)c2n1. The van der Waals surface area contributed by atoms with Gasteiger partial charge in [-0.05, 0) is 83.1 Å². The minimum absolute atomic E-state index is 0.0217. The van der Waals surface area contributed by atoms with Gasteiger partial charge in [0.2, 0.25) is 5.88 Å². The molecule has 3 aliphatic rings. The summed E-state index contributed by atoms with van der Waals surface area (Å²) in [6.45, 7) is 12.3. The Morgan fingerprint density at radius 1 is 1.14 bits per heavy atom. The molecule has 1 N–H and O–H groups in total. The third-order valence-electron chi connectivity index (χ3n) is 9.16. The predicted octanol–water partition coefficient (Wildman–Crippen LogP) is 7.67. The quantitative estimate of drug-likeness (QED) is 0.254. The molecule has 2 aliphatic heterocycles. The van der Waals surface area contributed by atoms with Gasteiger partial charge in [-0.3, -0.25) is 0 Å². The highest BCUT2D eigenvalue weighted by Crippen LogP contribution is 2.51. The Balaban J connectivity index is 1.48. The first kappa shape index (κ1) is 30.0. The lowest BCUT2D eigenvalue weighted by molar-refractivity contribution is 0.0700. The maximum atomic E-state index is 11.8. The van der Waals surface area contributed by atoms with Crippen molar-refractivity contribution in [1.82, 2.24) is 9.88 Å². The van der Waals surface area contributed by atoms with Crippen LogP contribution in [0, 0.1) is 0 Å². The fourth-order valence-electron chi connectivity index (χ4n) is 6.64. The zero-order valence-electron chi connectivity index (χ0n) is 25.9. The summed E-state index contributed by atoms with van der Waals surface area (Å²) >= 11 is 3.95. The molecule has 1 amide bonds. The molecular formula is C34H42BrN3O5. The van der Waals surface area contributed by atoms with Gasteiger partial charge in [-0.25, -0.2) is 9.78 Å². The lowest BCUT2D eigenvalue weighted by Gasteiger charge is -2.35. The maximum absolute atomic E-state index is 11.8. The van der Waals surface area contributed by atoms with Crippen molar-refractivity contribution in [2.45, 2.75) is 89.5 Å². The molecule has 0 unspecified atom stereocenters. The van der Waals surface area contributed by atoms with Crippen LogP contribution >= 0.6 is 15.9 Å². The zero-order valence-corrected chi connectivity index (χ0v) is 27.5. The van der Waals surface area contributed by atoms with Crippen LogP contribution in [0.2, 0.25) is 0 Å². The Morgan fingerprint density at radius 2 is 1.88 bits per heavy atom. The van der Waals surface area contributed by atoms with Gasteiger partial charge in [0.1, 0.15) is 18.2 Å². The van der Waals surface area contributed by atoms with Crippen LogP contribution in [0.1, 0.15) is 82.6 Å². The van der Waals surface area contributed by atoms with Crippen molar-refractivity contribution >= 4 is 38.6 Å². The molecule has 43 heavy (non-hydrogen) atoms. The zero-order chi connectivity index (χ0) is 30.6. The van der Waals surface area contributed by atoms with Gasteiger partial charge in [0, 0.05) is 37.7 Å². The molecule has 8 nitrogen and oxygen atoms in total. The number of likely N-dealkylation sites (tertiary alicyclic amines) is 1. The summed E-state index contributed by atoms with van der Waals surface area (Å²) in [5, 5.41) is 10.7. The summed E-state index contributed by atoms with van der Waals surface area (Å²) in [4.78, 5) is 20.8. The van der Waals surface area contributed by atoms with Crippen molar-refractivity contribution in [2.24, 2.45) is 0 Å². The second-order valence-electron chi connectivity index (χ2n) is 13.3. The number of carbonyl (C=O) groups is 1. The van der Waals surface area contributed by atoms with E-state index >= 15 is 0 Å². The van der Waals surface area contributed by atoms with Gasteiger partial charge in [-0.2, -0.15) is 0 Å². The van der Waals surface area contributed by atoms with E-state index in [2.05, 4.69) is 78.9 Å². The topological polar surface area (TPSA) is 84.4 Å². The number of halogens is 1. The van der Waals surface area contributed by atoms with Crippen LogP contribution in [0.4, 0.5) is 10.5 Å². The van der Waals surface area contributed by atoms with E-state index in [-0.39, 0.29) is 29.7 Å². The number of methoxy groups -OCH3 is 1. The molecule has 0 radical (unpaired) electrons. The van der Waals surface area contributed by atoms with Gasteiger partial charge in [0.25, 0.3) is 0 Å². The van der Waals surface area contributed by atoms with Gasteiger partial charge in [-0.15, -0.1) is 0 Å². The number of ether oxygens (including phenoxy) is 3. The Labute approximate surface area is 262 Å². The van der Waals surface area contributed by atoms with Crippen molar-refractivity contribution in [3.8, 4) is 11.6 Å².